The van der Waals surface area contributed by atoms with E-state index in [4.69, 9.17) is 5.73 Å². The van der Waals surface area contributed by atoms with E-state index in [1.807, 2.05) is 6.07 Å². The van der Waals surface area contributed by atoms with Crippen molar-refractivity contribution in [2.45, 2.75) is 43.0 Å². The minimum Gasteiger partial charge on any atom is -0.397 e. The zero-order chi connectivity index (χ0) is 14.1. The van der Waals surface area contributed by atoms with E-state index in [1.165, 1.54) is 32.1 Å². The van der Waals surface area contributed by atoms with E-state index in [0.717, 1.165) is 22.0 Å². The molecule has 0 unspecified atom stereocenters. The molecule has 0 bridgehead atoms. The third-order valence-corrected chi connectivity index (χ3v) is 5.32. The molecular weight excluding hydrogens is 270 g/mol. The molecule has 0 atom stereocenters. The molecule has 0 radical (unpaired) electrons. The largest absolute Gasteiger partial charge is 0.397 e. The van der Waals surface area contributed by atoms with Crippen LogP contribution in [0.2, 0.25) is 0 Å². The van der Waals surface area contributed by atoms with Crippen molar-refractivity contribution in [3.63, 3.8) is 0 Å². The van der Waals surface area contributed by atoms with Gasteiger partial charge in [-0.25, -0.2) is 0 Å². The summed E-state index contributed by atoms with van der Waals surface area (Å²) in [5.74, 6) is 0.541. The van der Waals surface area contributed by atoms with Crippen molar-refractivity contribution < 1.29 is 4.79 Å². The van der Waals surface area contributed by atoms with Crippen LogP contribution < -0.4 is 16.0 Å². The molecule has 0 saturated heterocycles. The minimum atomic E-state index is 0.0512. The van der Waals surface area contributed by atoms with Crippen LogP contribution in [-0.2, 0) is 4.79 Å². The van der Waals surface area contributed by atoms with Crippen LogP contribution in [-0.4, -0.2) is 24.7 Å². The van der Waals surface area contributed by atoms with Gasteiger partial charge < -0.3 is 16.0 Å². The molecule has 0 spiro atoms. The van der Waals surface area contributed by atoms with Gasteiger partial charge in [0.05, 0.1) is 22.8 Å². The van der Waals surface area contributed by atoms with E-state index >= 15 is 0 Å². The SMILES string of the molecule is CN(c1cc2c(cc1N)NC(=O)CS2)C1CCCCC1. The van der Waals surface area contributed by atoms with Crippen molar-refractivity contribution >= 4 is 34.7 Å². The molecule has 5 heteroatoms. The molecule has 4 nitrogen and oxygen atoms in total. The van der Waals surface area contributed by atoms with E-state index in [9.17, 15) is 4.79 Å². The van der Waals surface area contributed by atoms with Crippen LogP contribution in [0.3, 0.4) is 0 Å². The molecule has 1 saturated carbocycles. The van der Waals surface area contributed by atoms with Gasteiger partial charge in [0.15, 0.2) is 0 Å². The van der Waals surface area contributed by atoms with Crippen LogP contribution in [0.15, 0.2) is 17.0 Å². The third kappa shape index (κ3) is 2.59. The quantitative estimate of drug-likeness (QED) is 0.822. The van der Waals surface area contributed by atoms with Crippen LogP contribution in [0.25, 0.3) is 0 Å². The summed E-state index contributed by atoms with van der Waals surface area (Å²) in [4.78, 5) is 14.9. The van der Waals surface area contributed by atoms with Crippen LogP contribution in [0.4, 0.5) is 17.1 Å². The van der Waals surface area contributed by atoms with Gasteiger partial charge >= 0.3 is 0 Å². The second-order valence-electron chi connectivity index (χ2n) is 5.65. The molecule has 1 aliphatic heterocycles. The zero-order valence-electron chi connectivity index (χ0n) is 11.8. The standard InChI is InChI=1S/C15H21N3OS/c1-18(10-5-3-2-4-6-10)13-8-14-12(7-11(13)16)17-15(19)9-20-14/h7-8,10H,2-6,9,16H2,1H3,(H,17,19). The van der Waals surface area contributed by atoms with Crippen LogP contribution in [0.5, 0.6) is 0 Å². The van der Waals surface area contributed by atoms with Gasteiger partial charge in [0.1, 0.15) is 0 Å². The Bertz CT molecular complexity index is 526. The molecule has 1 amide bonds. The Morgan fingerprint density at radius 1 is 1.30 bits per heavy atom. The van der Waals surface area contributed by atoms with Gasteiger partial charge in [-0.05, 0) is 25.0 Å². The lowest BCUT2D eigenvalue weighted by Gasteiger charge is -2.34. The number of nitrogens with two attached hydrogens (primary N) is 1. The number of nitrogens with one attached hydrogen (secondary N) is 1. The van der Waals surface area contributed by atoms with E-state index in [1.54, 1.807) is 11.8 Å². The summed E-state index contributed by atoms with van der Waals surface area (Å²) in [6, 6.07) is 4.62. The molecule has 2 aliphatic rings. The van der Waals surface area contributed by atoms with Gasteiger partial charge in [-0.1, -0.05) is 19.3 Å². The number of nitrogens with zero attached hydrogens (tertiary/aromatic N) is 1. The van der Waals surface area contributed by atoms with Gasteiger partial charge in [0, 0.05) is 18.0 Å². The first-order valence-corrected chi connectivity index (χ1v) is 8.22. The summed E-state index contributed by atoms with van der Waals surface area (Å²) < 4.78 is 0. The average Bonchev–Trinajstić information content (AvgIpc) is 2.46. The van der Waals surface area contributed by atoms with Crippen molar-refractivity contribution in [3.8, 4) is 0 Å². The smallest absolute Gasteiger partial charge is 0.234 e. The zero-order valence-corrected chi connectivity index (χ0v) is 12.6. The number of hydrogen-bond acceptors (Lipinski definition) is 4. The molecule has 0 aromatic heterocycles. The number of benzene rings is 1. The predicted molar refractivity (Wildman–Crippen MR) is 85.5 cm³/mol. The first kappa shape index (κ1) is 13.6. The predicted octanol–water partition coefficient (Wildman–Crippen LogP) is 3.08. The van der Waals surface area contributed by atoms with E-state index in [-0.39, 0.29) is 5.91 Å². The monoisotopic (exact) mass is 291 g/mol. The number of hydrogen-bond donors (Lipinski definition) is 2. The lowest BCUT2D eigenvalue weighted by atomic mass is 9.94. The number of anilines is 3. The highest BCUT2D eigenvalue weighted by Crippen LogP contribution is 2.39. The van der Waals surface area contributed by atoms with Crippen molar-refractivity contribution in [1.82, 2.24) is 0 Å². The van der Waals surface area contributed by atoms with Gasteiger partial charge in [-0.2, -0.15) is 0 Å². The maximum absolute atomic E-state index is 11.4. The molecule has 3 N–H and O–H groups in total. The number of carbonyl (C=O) groups is 1. The maximum atomic E-state index is 11.4. The van der Waals surface area contributed by atoms with Gasteiger partial charge in [0.2, 0.25) is 5.91 Å². The molecule has 3 rings (SSSR count). The van der Waals surface area contributed by atoms with Crippen molar-refractivity contribution in [2.24, 2.45) is 0 Å². The average molecular weight is 291 g/mol. The Hall–Kier alpha value is -1.36. The highest BCUT2D eigenvalue weighted by Gasteiger charge is 2.23. The summed E-state index contributed by atoms with van der Waals surface area (Å²) in [5, 5.41) is 2.89. The molecular formula is C15H21N3OS. The molecule has 1 heterocycles. The summed E-state index contributed by atoms with van der Waals surface area (Å²) >= 11 is 1.59. The number of thioether (sulfide) groups is 1. The normalized spacial score (nSPS) is 19.4. The Balaban J connectivity index is 1.87. The first-order valence-electron chi connectivity index (χ1n) is 7.24. The van der Waals surface area contributed by atoms with Gasteiger partial charge in [-0.15, -0.1) is 11.8 Å². The number of carbonyl (C=O) groups excluding carboxylic acids is 1. The highest BCUT2D eigenvalue weighted by molar-refractivity contribution is 8.00. The van der Waals surface area contributed by atoms with Crippen molar-refractivity contribution in [1.29, 1.82) is 0 Å². The van der Waals surface area contributed by atoms with Gasteiger partial charge in [-0.3, -0.25) is 4.79 Å². The molecule has 20 heavy (non-hydrogen) atoms. The fourth-order valence-electron chi connectivity index (χ4n) is 3.10. The Morgan fingerprint density at radius 3 is 2.80 bits per heavy atom. The van der Waals surface area contributed by atoms with Crippen molar-refractivity contribution in [2.75, 3.05) is 28.8 Å². The first-order chi connectivity index (χ1) is 9.65. The summed E-state index contributed by atoms with van der Waals surface area (Å²) in [6.07, 6.45) is 6.47. The number of amides is 1. The minimum absolute atomic E-state index is 0.0512. The maximum Gasteiger partial charge on any atom is 0.234 e. The molecule has 108 valence electrons. The number of nitrogen functional groups attached to an aromatic ring is 1. The summed E-state index contributed by atoms with van der Waals surface area (Å²) in [7, 11) is 2.14. The van der Waals surface area contributed by atoms with Gasteiger partial charge in [0.25, 0.3) is 0 Å². The van der Waals surface area contributed by atoms with Crippen LogP contribution in [0.1, 0.15) is 32.1 Å². The molecule has 1 fully saturated rings. The molecule has 1 aliphatic carbocycles. The van der Waals surface area contributed by atoms with Crippen LogP contribution in [0, 0.1) is 0 Å². The summed E-state index contributed by atoms with van der Waals surface area (Å²) in [5.41, 5.74) is 8.89. The lowest BCUT2D eigenvalue weighted by Crippen LogP contribution is -2.34. The number of rotatable bonds is 2. The number of fused-ring (bicyclic) bond motifs is 1. The Morgan fingerprint density at radius 2 is 2.05 bits per heavy atom. The topological polar surface area (TPSA) is 58.4 Å². The second kappa shape index (κ2) is 5.56. The van der Waals surface area contributed by atoms with E-state index < -0.39 is 0 Å². The Labute approximate surface area is 124 Å². The fourth-order valence-corrected chi connectivity index (χ4v) is 3.92. The summed E-state index contributed by atoms with van der Waals surface area (Å²) in [6.45, 7) is 0. The Kier molecular flexibility index (Phi) is 3.78. The second-order valence-corrected chi connectivity index (χ2v) is 6.66. The molecule has 1 aromatic rings. The fraction of sp³-hybridized carbons (Fsp3) is 0.533. The third-order valence-electron chi connectivity index (χ3n) is 4.26. The highest BCUT2D eigenvalue weighted by atomic mass is 32.2. The lowest BCUT2D eigenvalue weighted by molar-refractivity contribution is -0.113. The van der Waals surface area contributed by atoms with Crippen molar-refractivity contribution in [3.05, 3.63) is 12.1 Å². The molecule has 1 aromatic carbocycles. The van der Waals surface area contributed by atoms with Crippen LogP contribution >= 0.6 is 11.8 Å². The van der Waals surface area contributed by atoms with E-state index in [2.05, 4.69) is 23.3 Å². The van der Waals surface area contributed by atoms with E-state index in [0.29, 0.717) is 11.8 Å².